The number of hydrogen-bond acceptors (Lipinski definition) is 2. The molecule has 2 nitrogen and oxygen atoms in total. The molecule has 2 heteroatoms. The first-order valence-electron chi connectivity index (χ1n) is 6.95. The number of likely N-dealkylation sites (tertiary alicyclic amines) is 1. The van der Waals surface area contributed by atoms with Gasteiger partial charge in [0.2, 0.25) is 0 Å². The molecular weight excluding hydrogens is 198 g/mol. The summed E-state index contributed by atoms with van der Waals surface area (Å²) in [5.74, 6) is 0. The molecule has 3 aliphatic rings. The highest BCUT2D eigenvalue weighted by atomic mass is 16.5. The third-order valence-electron chi connectivity index (χ3n) is 4.20. The van der Waals surface area contributed by atoms with E-state index in [4.69, 9.17) is 4.74 Å². The van der Waals surface area contributed by atoms with E-state index in [0.29, 0.717) is 6.10 Å². The summed E-state index contributed by atoms with van der Waals surface area (Å²) in [5.41, 5.74) is 3.58. The van der Waals surface area contributed by atoms with Gasteiger partial charge in [0.15, 0.2) is 0 Å². The van der Waals surface area contributed by atoms with Crippen LogP contribution in [-0.4, -0.2) is 37.2 Å². The second kappa shape index (κ2) is 4.89. The molecule has 0 amide bonds. The van der Waals surface area contributed by atoms with Crippen LogP contribution in [-0.2, 0) is 4.74 Å². The van der Waals surface area contributed by atoms with Gasteiger partial charge in [-0.3, -0.25) is 0 Å². The van der Waals surface area contributed by atoms with Crippen molar-refractivity contribution in [1.82, 2.24) is 4.90 Å². The van der Waals surface area contributed by atoms with Crippen LogP contribution in [0.4, 0.5) is 0 Å². The minimum Gasteiger partial charge on any atom is -0.377 e. The van der Waals surface area contributed by atoms with Crippen molar-refractivity contribution in [1.29, 1.82) is 0 Å². The third-order valence-corrected chi connectivity index (χ3v) is 4.20. The summed E-state index contributed by atoms with van der Waals surface area (Å²) in [7, 11) is 0. The Bertz CT molecular complexity index is 262. The molecule has 2 aliphatic heterocycles. The van der Waals surface area contributed by atoms with Crippen LogP contribution < -0.4 is 0 Å². The average molecular weight is 221 g/mol. The number of nitrogens with zero attached hydrogens (tertiary/aromatic N) is 1. The molecule has 0 N–H and O–H groups in total. The van der Waals surface area contributed by atoms with E-state index in [1.807, 2.05) is 0 Å². The Morgan fingerprint density at radius 2 is 1.75 bits per heavy atom. The quantitative estimate of drug-likeness (QED) is 0.665. The van der Waals surface area contributed by atoms with Crippen molar-refractivity contribution in [3.63, 3.8) is 0 Å². The van der Waals surface area contributed by atoms with Crippen molar-refractivity contribution in [2.45, 2.75) is 51.0 Å². The van der Waals surface area contributed by atoms with Gasteiger partial charge in [-0.1, -0.05) is 11.1 Å². The number of piperidine rings is 1. The highest BCUT2D eigenvalue weighted by Crippen LogP contribution is 2.36. The molecule has 0 radical (unpaired) electrons. The molecule has 0 aromatic heterocycles. The summed E-state index contributed by atoms with van der Waals surface area (Å²) in [5, 5.41) is 0. The van der Waals surface area contributed by atoms with Crippen molar-refractivity contribution < 1.29 is 4.74 Å². The largest absolute Gasteiger partial charge is 0.377 e. The van der Waals surface area contributed by atoms with E-state index in [-0.39, 0.29) is 0 Å². The molecule has 3 fully saturated rings. The number of allylic oxidation sites excluding steroid dienone is 1. The Hall–Kier alpha value is -0.340. The van der Waals surface area contributed by atoms with Gasteiger partial charge >= 0.3 is 0 Å². The zero-order valence-corrected chi connectivity index (χ0v) is 10.2. The second-order valence-corrected chi connectivity index (χ2v) is 5.50. The predicted octanol–water partition coefficient (Wildman–Crippen LogP) is 2.74. The zero-order valence-electron chi connectivity index (χ0n) is 10.2. The Morgan fingerprint density at radius 3 is 2.38 bits per heavy atom. The van der Waals surface area contributed by atoms with Gasteiger partial charge in [0, 0.05) is 26.2 Å². The van der Waals surface area contributed by atoms with Gasteiger partial charge < -0.3 is 9.64 Å². The first-order valence-corrected chi connectivity index (χ1v) is 6.95. The normalized spacial score (nSPS) is 31.9. The van der Waals surface area contributed by atoms with E-state index in [1.54, 1.807) is 11.1 Å². The molecule has 0 aromatic rings. The van der Waals surface area contributed by atoms with E-state index < -0.39 is 0 Å². The first kappa shape index (κ1) is 10.8. The molecule has 1 saturated carbocycles. The van der Waals surface area contributed by atoms with Crippen LogP contribution in [0.3, 0.4) is 0 Å². The molecule has 1 aliphatic carbocycles. The van der Waals surface area contributed by atoms with Crippen LogP contribution >= 0.6 is 0 Å². The van der Waals surface area contributed by atoms with E-state index in [1.165, 1.54) is 64.6 Å². The standard InChI is InChI=1S/C14H23NO/c1-2-10-16-14(3-1)11-15-8-6-13(7-9-15)12-4-5-12/h14H,1-11H2. The van der Waals surface area contributed by atoms with Crippen LogP contribution in [0.25, 0.3) is 0 Å². The maximum absolute atomic E-state index is 5.81. The lowest BCUT2D eigenvalue weighted by Crippen LogP contribution is -2.39. The lowest BCUT2D eigenvalue weighted by molar-refractivity contribution is -0.00688. The van der Waals surface area contributed by atoms with Crippen molar-refractivity contribution in [2.75, 3.05) is 26.2 Å². The molecule has 0 aromatic carbocycles. The average Bonchev–Trinajstić information content (AvgIpc) is 3.15. The monoisotopic (exact) mass is 221 g/mol. The predicted molar refractivity (Wildman–Crippen MR) is 65.5 cm³/mol. The van der Waals surface area contributed by atoms with Crippen molar-refractivity contribution in [3.8, 4) is 0 Å². The van der Waals surface area contributed by atoms with Crippen molar-refractivity contribution >= 4 is 0 Å². The summed E-state index contributed by atoms with van der Waals surface area (Å²) in [6.07, 6.45) is 9.93. The topological polar surface area (TPSA) is 12.5 Å². The highest BCUT2D eigenvalue weighted by molar-refractivity contribution is 5.26. The molecular formula is C14H23NO. The fourth-order valence-corrected chi connectivity index (χ4v) is 3.01. The second-order valence-electron chi connectivity index (χ2n) is 5.50. The highest BCUT2D eigenvalue weighted by Gasteiger charge is 2.24. The maximum Gasteiger partial charge on any atom is 0.0702 e. The van der Waals surface area contributed by atoms with Gasteiger partial charge in [0.1, 0.15) is 0 Å². The molecule has 16 heavy (non-hydrogen) atoms. The molecule has 90 valence electrons. The minimum atomic E-state index is 0.531. The van der Waals surface area contributed by atoms with Gasteiger partial charge in [-0.2, -0.15) is 0 Å². The zero-order chi connectivity index (χ0) is 10.8. The van der Waals surface area contributed by atoms with Gasteiger partial charge in [-0.25, -0.2) is 0 Å². The molecule has 1 unspecified atom stereocenters. The summed E-state index contributed by atoms with van der Waals surface area (Å²) < 4.78 is 5.81. The third kappa shape index (κ3) is 2.67. The Balaban J connectivity index is 1.44. The van der Waals surface area contributed by atoms with Crippen LogP contribution in [0.2, 0.25) is 0 Å². The Labute approximate surface area is 98.6 Å². The Morgan fingerprint density at radius 1 is 1.00 bits per heavy atom. The summed E-state index contributed by atoms with van der Waals surface area (Å²) in [6.45, 7) is 4.73. The smallest absolute Gasteiger partial charge is 0.0702 e. The van der Waals surface area contributed by atoms with E-state index in [0.717, 1.165) is 6.61 Å². The minimum absolute atomic E-state index is 0.531. The summed E-state index contributed by atoms with van der Waals surface area (Å²) >= 11 is 0. The molecule has 0 bridgehead atoms. The molecule has 2 heterocycles. The maximum atomic E-state index is 5.81. The SMILES string of the molecule is C1CCC(CN2CCC(=C3CC3)CC2)OC1. The van der Waals surface area contributed by atoms with E-state index in [2.05, 4.69) is 4.90 Å². The fourth-order valence-electron chi connectivity index (χ4n) is 3.01. The van der Waals surface area contributed by atoms with Crippen LogP contribution in [0.1, 0.15) is 44.9 Å². The Kier molecular flexibility index (Phi) is 3.30. The molecule has 3 rings (SSSR count). The van der Waals surface area contributed by atoms with E-state index >= 15 is 0 Å². The van der Waals surface area contributed by atoms with Crippen LogP contribution in [0, 0.1) is 0 Å². The van der Waals surface area contributed by atoms with Crippen molar-refractivity contribution in [2.24, 2.45) is 0 Å². The fraction of sp³-hybridized carbons (Fsp3) is 0.857. The van der Waals surface area contributed by atoms with Crippen LogP contribution in [0.5, 0.6) is 0 Å². The lowest BCUT2D eigenvalue weighted by Gasteiger charge is -2.33. The van der Waals surface area contributed by atoms with Gasteiger partial charge in [-0.05, 0) is 44.9 Å². The van der Waals surface area contributed by atoms with Crippen molar-refractivity contribution in [3.05, 3.63) is 11.1 Å². The van der Waals surface area contributed by atoms with E-state index in [9.17, 15) is 0 Å². The molecule has 1 atom stereocenters. The lowest BCUT2D eigenvalue weighted by atomic mass is 10.0. The number of ether oxygens (including phenoxy) is 1. The molecule has 0 spiro atoms. The van der Waals surface area contributed by atoms with Gasteiger partial charge in [-0.15, -0.1) is 0 Å². The number of rotatable bonds is 2. The van der Waals surface area contributed by atoms with Gasteiger partial charge in [0.25, 0.3) is 0 Å². The molecule has 2 saturated heterocycles. The number of hydrogen-bond donors (Lipinski definition) is 0. The van der Waals surface area contributed by atoms with Crippen LogP contribution in [0.15, 0.2) is 11.1 Å². The van der Waals surface area contributed by atoms with Gasteiger partial charge in [0.05, 0.1) is 6.10 Å². The summed E-state index contributed by atoms with van der Waals surface area (Å²) in [6, 6.07) is 0. The summed E-state index contributed by atoms with van der Waals surface area (Å²) in [4.78, 5) is 2.61. The first-order chi connectivity index (χ1) is 7.92.